The molecule has 0 N–H and O–H groups in total. The molecule has 0 saturated carbocycles. The molecule has 0 aromatic rings. The van der Waals surface area contributed by atoms with E-state index in [-0.39, 0.29) is 11.9 Å². The fourth-order valence-corrected chi connectivity index (χ4v) is 1.67. The molecule has 0 aromatic heterocycles. The Hall–Kier alpha value is -0.900. The van der Waals surface area contributed by atoms with Crippen LogP contribution in [0.2, 0.25) is 0 Å². The second-order valence-corrected chi connectivity index (χ2v) is 3.48. The van der Waals surface area contributed by atoms with E-state index in [0.29, 0.717) is 13.0 Å². The van der Waals surface area contributed by atoms with Crippen LogP contribution in [0.3, 0.4) is 0 Å². The average molecular weight is 198 g/mol. The van der Waals surface area contributed by atoms with E-state index in [0.717, 1.165) is 18.6 Å². The summed E-state index contributed by atoms with van der Waals surface area (Å²) in [5.41, 5.74) is 0.837. The van der Waals surface area contributed by atoms with Crippen molar-refractivity contribution < 1.29 is 9.53 Å². The molecule has 0 spiro atoms. The van der Waals surface area contributed by atoms with Crippen molar-refractivity contribution in [3.05, 3.63) is 0 Å². The average Bonchev–Trinajstić information content (AvgIpc) is 2.51. The SMILES string of the molecule is CCC(CC)N1N=C(COC)CC1=O. The molecule has 4 heteroatoms. The molecule has 0 saturated heterocycles. The molecule has 14 heavy (non-hydrogen) atoms. The van der Waals surface area contributed by atoms with Gasteiger partial charge in [-0.25, -0.2) is 5.01 Å². The molecule has 1 aliphatic heterocycles. The molecule has 4 nitrogen and oxygen atoms in total. The van der Waals surface area contributed by atoms with Crippen LogP contribution >= 0.6 is 0 Å². The van der Waals surface area contributed by atoms with Gasteiger partial charge in [-0.05, 0) is 12.8 Å². The number of carbonyl (C=O) groups is 1. The van der Waals surface area contributed by atoms with Crippen LogP contribution in [-0.2, 0) is 9.53 Å². The quantitative estimate of drug-likeness (QED) is 0.670. The van der Waals surface area contributed by atoms with Crippen LogP contribution in [0.5, 0.6) is 0 Å². The standard InChI is InChI=1S/C10H18N2O2/c1-4-9(5-2)12-10(13)6-8(11-12)7-14-3/h9H,4-7H2,1-3H3. The van der Waals surface area contributed by atoms with Crippen LogP contribution in [0.1, 0.15) is 33.1 Å². The van der Waals surface area contributed by atoms with Crippen LogP contribution in [0.15, 0.2) is 5.10 Å². The van der Waals surface area contributed by atoms with Gasteiger partial charge >= 0.3 is 0 Å². The highest BCUT2D eigenvalue weighted by atomic mass is 16.5. The largest absolute Gasteiger partial charge is 0.379 e. The lowest BCUT2D eigenvalue weighted by atomic mass is 10.1. The van der Waals surface area contributed by atoms with Crippen LogP contribution in [0, 0.1) is 0 Å². The van der Waals surface area contributed by atoms with Crippen LogP contribution in [-0.4, -0.2) is 36.4 Å². The Kier molecular flexibility index (Phi) is 4.07. The Morgan fingerprint density at radius 2 is 2.14 bits per heavy atom. The van der Waals surface area contributed by atoms with Gasteiger partial charge < -0.3 is 4.74 Å². The molecule has 80 valence electrons. The van der Waals surface area contributed by atoms with Gasteiger partial charge in [0.05, 0.1) is 24.8 Å². The predicted octanol–water partition coefficient (Wildman–Crippen LogP) is 1.41. The monoisotopic (exact) mass is 198 g/mol. The summed E-state index contributed by atoms with van der Waals surface area (Å²) in [6.07, 6.45) is 2.32. The van der Waals surface area contributed by atoms with Crippen molar-refractivity contribution in [3.63, 3.8) is 0 Å². The highest BCUT2D eigenvalue weighted by Gasteiger charge is 2.27. The summed E-state index contributed by atoms with van der Waals surface area (Å²) in [4.78, 5) is 11.6. The third-order valence-corrected chi connectivity index (χ3v) is 2.46. The number of methoxy groups -OCH3 is 1. The van der Waals surface area contributed by atoms with Crippen LogP contribution in [0.4, 0.5) is 0 Å². The molecule has 0 atom stereocenters. The first-order valence-electron chi connectivity index (χ1n) is 5.10. The van der Waals surface area contributed by atoms with E-state index in [1.54, 1.807) is 12.1 Å². The number of ether oxygens (including phenoxy) is 1. The third kappa shape index (κ3) is 2.32. The van der Waals surface area contributed by atoms with Crippen molar-refractivity contribution in [2.45, 2.75) is 39.2 Å². The van der Waals surface area contributed by atoms with Gasteiger partial charge in [0.2, 0.25) is 5.91 Å². The summed E-state index contributed by atoms with van der Waals surface area (Å²) in [6, 6.07) is 0.247. The van der Waals surface area contributed by atoms with Crippen molar-refractivity contribution in [2.75, 3.05) is 13.7 Å². The topological polar surface area (TPSA) is 41.9 Å². The summed E-state index contributed by atoms with van der Waals surface area (Å²) >= 11 is 0. The lowest BCUT2D eigenvalue weighted by molar-refractivity contribution is -0.131. The van der Waals surface area contributed by atoms with E-state index in [2.05, 4.69) is 18.9 Å². The summed E-state index contributed by atoms with van der Waals surface area (Å²) in [5, 5.41) is 5.90. The summed E-state index contributed by atoms with van der Waals surface area (Å²) in [7, 11) is 1.62. The van der Waals surface area contributed by atoms with Gasteiger partial charge in [-0.1, -0.05) is 13.8 Å². The van der Waals surface area contributed by atoms with Crippen LogP contribution in [0.25, 0.3) is 0 Å². The van der Waals surface area contributed by atoms with E-state index in [9.17, 15) is 4.79 Å². The molecule has 1 amide bonds. The number of hydrazone groups is 1. The summed E-state index contributed by atoms with van der Waals surface area (Å²) < 4.78 is 4.96. The fraction of sp³-hybridized carbons (Fsp3) is 0.800. The molecule has 0 aliphatic carbocycles. The molecule has 0 bridgehead atoms. The number of carbonyl (C=O) groups excluding carboxylic acids is 1. The number of hydrogen-bond donors (Lipinski definition) is 0. The minimum atomic E-state index is 0.103. The zero-order valence-corrected chi connectivity index (χ0v) is 9.12. The van der Waals surface area contributed by atoms with E-state index in [4.69, 9.17) is 4.74 Å². The predicted molar refractivity (Wildman–Crippen MR) is 55.1 cm³/mol. The van der Waals surface area contributed by atoms with Gasteiger partial charge in [0.25, 0.3) is 0 Å². The van der Waals surface area contributed by atoms with Crippen LogP contribution < -0.4 is 0 Å². The minimum absolute atomic E-state index is 0.103. The fourth-order valence-electron chi connectivity index (χ4n) is 1.67. The zero-order chi connectivity index (χ0) is 10.6. The minimum Gasteiger partial charge on any atom is -0.379 e. The van der Waals surface area contributed by atoms with Gasteiger partial charge in [0, 0.05) is 7.11 Å². The zero-order valence-electron chi connectivity index (χ0n) is 9.12. The van der Waals surface area contributed by atoms with E-state index in [1.807, 2.05) is 0 Å². The summed E-state index contributed by atoms with van der Waals surface area (Å²) in [5.74, 6) is 0.103. The maximum atomic E-state index is 11.6. The Balaban J connectivity index is 2.64. The van der Waals surface area contributed by atoms with Crippen molar-refractivity contribution in [1.82, 2.24) is 5.01 Å². The highest BCUT2D eigenvalue weighted by Crippen LogP contribution is 2.16. The Labute approximate surface area is 84.9 Å². The second-order valence-electron chi connectivity index (χ2n) is 3.48. The first-order valence-corrected chi connectivity index (χ1v) is 5.10. The van der Waals surface area contributed by atoms with Gasteiger partial charge in [-0.15, -0.1) is 0 Å². The lowest BCUT2D eigenvalue weighted by Gasteiger charge is -2.21. The number of amides is 1. The number of hydrogen-bond acceptors (Lipinski definition) is 3. The molecular weight excluding hydrogens is 180 g/mol. The molecular formula is C10H18N2O2. The molecule has 1 heterocycles. The molecule has 0 radical (unpaired) electrons. The first kappa shape index (κ1) is 11.2. The van der Waals surface area contributed by atoms with Gasteiger partial charge in [0.1, 0.15) is 0 Å². The molecule has 1 rings (SSSR count). The van der Waals surface area contributed by atoms with E-state index in [1.165, 1.54) is 0 Å². The molecule has 1 aliphatic rings. The highest BCUT2D eigenvalue weighted by molar-refractivity contribution is 6.05. The molecule has 0 fully saturated rings. The van der Waals surface area contributed by atoms with Gasteiger partial charge in [0.15, 0.2) is 0 Å². The first-order chi connectivity index (χ1) is 6.72. The smallest absolute Gasteiger partial charge is 0.248 e. The normalized spacial score (nSPS) is 16.7. The Morgan fingerprint density at radius 1 is 1.50 bits per heavy atom. The molecule has 0 unspecified atom stereocenters. The second kappa shape index (κ2) is 5.10. The van der Waals surface area contributed by atoms with E-state index >= 15 is 0 Å². The number of rotatable bonds is 5. The Morgan fingerprint density at radius 3 is 2.64 bits per heavy atom. The Bertz CT molecular complexity index is 234. The van der Waals surface area contributed by atoms with Crippen molar-refractivity contribution in [1.29, 1.82) is 0 Å². The van der Waals surface area contributed by atoms with Gasteiger partial charge in [-0.2, -0.15) is 5.10 Å². The van der Waals surface area contributed by atoms with Crippen molar-refractivity contribution in [2.24, 2.45) is 5.10 Å². The lowest BCUT2D eigenvalue weighted by Crippen LogP contribution is -2.31. The third-order valence-electron chi connectivity index (χ3n) is 2.46. The summed E-state index contributed by atoms with van der Waals surface area (Å²) in [6.45, 7) is 4.61. The number of nitrogens with zero attached hydrogens (tertiary/aromatic N) is 2. The maximum Gasteiger partial charge on any atom is 0.248 e. The molecule has 0 aromatic carbocycles. The van der Waals surface area contributed by atoms with Crippen molar-refractivity contribution >= 4 is 11.6 Å². The maximum absolute atomic E-state index is 11.6. The van der Waals surface area contributed by atoms with E-state index < -0.39 is 0 Å². The van der Waals surface area contributed by atoms with Crippen molar-refractivity contribution in [3.8, 4) is 0 Å². The van der Waals surface area contributed by atoms with Gasteiger partial charge in [-0.3, -0.25) is 4.79 Å².